The molecule has 0 bridgehead atoms. The van der Waals surface area contributed by atoms with Gasteiger partial charge in [0, 0.05) is 25.5 Å². The summed E-state index contributed by atoms with van der Waals surface area (Å²) in [5.41, 5.74) is 1.09. The lowest BCUT2D eigenvalue weighted by Crippen LogP contribution is -2.43. The molecule has 1 aromatic rings. The van der Waals surface area contributed by atoms with Crippen molar-refractivity contribution in [2.75, 3.05) is 26.7 Å². The number of hydrogen-bond acceptors (Lipinski definition) is 5. The molecule has 9 heteroatoms. The van der Waals surface area contributed by atoms with Gasteiger partial charge in [0.1, 0.15) is 5.01 Å². The van der Waals surface area contributed by atoms with E-state index in [0.29, 0.717) is 31.5 Å². The summed E-state index contributed by atoms with van der Waals surface area (Å²) < 4.78 is 0. The molecule has 1 saturated heterocycles. The number of rotatable bonds is 6. The third-order valence-electron chi connectivity index (χ3n) is 3.36. The summed E-state index contributed by atoms with van der Waals surface area (Å²) >= 11 is 1.61. The molecule has 3 amide bonds. The van der Waals surface area contributed by atoms with Crippen molar-refractivity contribution in [3.8, 4) is 0 Å². The first-order chi connectivity index (χ1) is 11.0. The van der Waals surface area contributed by atoms with Crippen molar-refractivity contribution in [1.82, 2.24) is 25.8 Å². The number of hydrogen-bond donors (Lipinski definition) is 3. The molecule has 3 N–H and O–H groups in total. The molecule has 0 atom stereocenters. The lowest BCUT2D eigenvalue weighted by Gasteiger charge is -2.15. The van der Waals surface area contributed by atoms with Gasteiger partial charge in [-0.2, -0.15) is 0 Å². The van der Waals surface area contributed by atoms with E-state index in [1.54, 1.807) is 18.4 Å². The van der Waals surface area contributed by atoms with Gasteiger partial charge in [0.15, 0.2) is 5.96 Å². The number of aliphatic imine (C=N–C) groups is 1. The summed E-state index contributed by atoms with van der Waals surface area (Å²) in [6.07, 6.45) is 0. The maximum atomic E-state index is 11.5. The van der Waals surface area contributed by atoms with Crippen LogP contribution in [-0.4, -0.2) is 54.5 Å². The number of urea groups is 1. The Hall–Kier alpha value is -2.16. The van der Waals surface area contributed by atoms with Crippen LogP contribution in [0.1, 0.15) is 30.5 Å². The maximum Gasteiger partial charge on any atom is 0.324 e. The molecular weight excluding hydrogens is 316 g/mol. The quantitative estimate of drug-likeness (QED) is 0.398. The number of carbonyl (C=O) groups excluding carboxylic acids is 2. The van der Waals surface area contributed by atoms with Gasteiger partial charge in [0.05, 0.1) is 18.8 Å². The van der Waals surface area contributed by atoms with Crippen LogP contribution in [0.4, 0.5) is 4.79 Å². The first-order valence-electron chi connectivity index (χ1n) is 7.48. The number of nitrogens with zero attached hydrogens (tertiary/aromatic N) is 3. The number of thiazole rings is 1. The highest BCUT2D eigenvalue weighted by Crippen LogP contribution is 2.17. The van der Waals surface area contributed by atoms with Crippen LogP contribution in [0.15, 0.2) is 10.4 Å². The van der Waals surface area contributed by atoms with Crippen LogP contribution < -0.4 is 16.0 Å². The van der Waals surface area contributed by atoms with Crippen molar-refractivity contribution in [1.29, 1.82) is 0 Å². The van der Waals surface area contributed by atoms with E-state index in [9.17, 15) is 9.59 Å². The van der Waals surface area contributed by atoms with Gasteiger partial charge in [0.25, 0.3) is 0 Å². The molecule has 0 saturated carbocycles. The average molecular weight is 338 g/mol. The topological polar surface area (TPSA) is 98.7 Å². The van der Waals surface area contributed by atoms with Gasteiger partial charge in [-0.3, -0.25) is 14.7 Å². The molecule has 1 fully saturated rings. The number of carbonyl (C=O) groups is 2. The number of nitrogens with one attached hydrogen (secondary N) is 3. The number of amides is 3. The second-order valence-electron chi connectivity index (χ2n) is 5.38. The fraction of sp³-hybridized carbons (Fsp3) is 0.571. The van der Waals surface area contributed by atoms with E-state index < -0.39 is 0 Å². The summed E-state index contributed by atoms with van der Waals surface area (Å²) in [7, 11) is 1.67. The molecule has 0 radical (unpaired) electrons. The zero-order valence-electron chi connectivity index (χ0n) is 13.5. The lowest BCUT2D eigenvalue weighted by atomic mass is 10.2. The maximum absolute atomic E-state index is 11.5. The number of imide groups is 1. The molecule has 0 aromatic carbocycles. The monoisotopic (exact) mass is 338 g/mol. The number of guanidine groups is 1. The largest absolute Gasteiger partial charge is 0.355 e. The molecular formula is C14H22N6O2S. The van der Waals surface area contributed by atoms with Crippen LogP contribution >= 0.6 is 11.3 Å². The molecule has 0 spiro atoms. The van der Waals surface area contributed by atoms with Crippen molar-refractivity contribution in [2.24, 2.45) is 4.99 Å². The normalized spacial score (nSPS) is 15.3. The van der Waals surface area contributed by atoms with E-state index in [1.807, 2.05) is 0 Å². The summed E-state index contributed by atoms with van der Waals surface area (Å²) in [4.78, 5) is 32.7. The standard InChI is InChI=1S/C14H22N6O2S/c1-9(2)10-8-23-11(19-10)6-17-13(15-3)16-4-5-20-12(21)7-18-14(20)22/h8-9H,4-7H2,1-3H3,(H,18,22)(H2,15,16,17). The highest BCUT2D eigenvalue weighted by molar-refractivity contribution is 7.09. The van der Waals surface area contributed by atoms with Gasteiger partial charge >= 0.3 is 6.03 Å². The minimum absolute atomic E-state index is 0.0774. The second-order valence-corrected chi connectivity index (χ2v) is 6.32. The highest BCUT2D eigenvalue weighted by atomic mass is 32.1. The summed E-state index contributed by atoms with van der Waals surface area (Å²) in [6.45, 7) is 5.63. The zero-order valence-corrected chi connectivity index (χ0v) is 14.4. The predicted molar refractivity (Wildman–Crippen MR) is 89.5 cm³/mol. The van der Waals surface area contributed by atoms with Crippen LogP contribution in [0.3, 0.4) is 0 Å². The Morgan fingerprint density at radius 2 is 2.26 bits per heavy atom. The Morgan fingerprint density at radius 1 is 1.48 bits per heavy atom. The summed E-state index contributed by atoms with van der Waals surface area (Å²) in [5, 5.41) is 11.8. The minimum Gasteiger partial charge on any atom is -0.355 e. The van der Waals surface area contributed by atoms with Crippen LogP contribution in [-0.2, 0) is 11.3 Å². The van der Waals surface area contributed by atoms with Gasteiger partial charge in [-0.05, 0) is 5.92 Å². The fourth-order valence-corrected chi connectivity index (χ4v) is 2.91. The van der Waals surface area contributed by atoms with E-state index in [-0.39, 0.29) is 18.5 Å². The van der Waals surface area contributed by atoms with E-state index in [0.717, 1.165) is 10.7 Å². The molecule has 1 aromatic heterocycles. The first-order valence-corrected chi connectivity index (χ1v) is 8.36. The van der Waals surface area contributed by atoms with E-state index >= 15 is 0 Å². The third-order valence-corrected chi connectivity index (χ3v) is 4.22. The van der Waals surface area contributed by atoms with E-state index in [2.05, 4.69) is 45.2 Å². The van der Waals surface area contributed by atoms with E-state index in [1.165, 1.54) is 4.90 Å². The molecule has 23 heavy (non-hydrogen) atoms. The first kappa shape index (κ1) is 17.2. The second kappa shape index (κ2) is 7.91. The van der Waals surface area contributed by atoms with Gasteiger partial charge < -0.3 is 16.0 Å². The van der Waals surface area contributed by atoms with Crippen molar-refractivity contribution in [3.05, 3.63) is 16.1 Å². The van der Waals surface area contributed by atoms with Crippen molar-refractivity contribution >= 4 is 29.2 Å². The average Bonchev–Trinajstić information content (AvgIpc) is 3.12. The Morgan fingerprint density at radius 3 is 2.83 bits per heavy atom. The third kappa shape index (κ3) is 4.65. The molecule has 0 unspecified atom stereocenters. The number of aromatic nitrogens is 1. The molecule has 1 aliphatic heterocycles. The van der Waals surface area contributed by atoms with Crippen molar-refractivity contribution < 1.29 is 9.59 Å². The molecule has 2 heterocycles. The van der Waals surface area contributed by atoms with Gasteiger partial charge in [-0.1, -0.05) is 13.8 Å². The van der Waals surface area contributed by atoms with Crippen LogP contribution in [0.25, 0.3) is 0 Å². The smallest absolute Gasteiger partial charge is 0.324 e. The molecule has 126 valence electrons. The lowest BCUT2D eigenvalue weighted by molar-refractivity contribution is -0.124. The van der Waals surface area contributed by atoms with Gasteiger partial charge in [-0.25, -0.2) is 9.78 Å². The molecule has 0 aliphatic carbocycles. The fourth-order valence-electron chi connectivity index (χ4n) is 2.02. The molecule has 8 nitrogen and oxygen atoms in total. The molecule has 2 rings (SSSR count). The SMILES string of the molecule is CN=C(NCCN1C(=O)CNC1=O)NCc1nc(C(C)C)cs1. The molecule has 1 aliphatic rings. The van der Waals surface area contributed by atoms with Crippen LogP contribution in [0.5, 0.6) is 0 Å². The van der Waals surface area contributed by atoms with Gasteiger partial charge in [-0.15, -0.1) is 11.3 Å². The Bertz CT molecular complexity index is 582. The Kier molecular flexibility index (Phi) is 5.91. The summed E-state index contributed by atoms with van der Waals surface area (Å²) in [6, 6.07) is -0.344. The van der Waals surface area contributed by atoms with E-state index in [4.69, 9.17) is 0 Å². The van der Waals surface area contributed by atoms with Crippen molar-refractivity contribution in [2.45, 2.75) is 26.3 Å². The summed E-state index contributed by atoms with van der Waals surface area (Å²) in [5.74, 6) is 0.823. The van der Waals surface area contributed by atoms with Gasteiger partial charge in [0.2, 0.25) is 5.91 Å². The van der Waals surface area contributed by atoms with Crippen LogP contribution in [0, 0.1) is 0 Å². The zero-order chi connectivity index (χ0) is 16.8. The Labute approximate surface area is 139 Å². The Balaban J connectivity index is 1.75. The minimum atomic E-state index is -0.344. The highest BCUT2D eigenvalue weighted by Gasteiger charge is 2.27. The van der Waals surface area contributed by atoms with Crippen molar-refractivity contribution in [3.63, 3.8) is 0 Å². The van der Waals surface area contributed by atoms with Crippen LogP contribution in [0.2, 0.25) is 0 Å². The predicted octanol–water partition coefficient (Wildman–Crippen LogP) is 0.483.